The third-order valence-corrected chi connectivity index (χ3v) is 10.0. The Balaban J connectivity index is 1.42. The molecule has 3 heterocycles. The van der Waals surface area contributed by atoms with E-state index in [0.717, 1.165) is 22.4 Å². The maximum absolute atomic E-state index is 14.8. The standard InChI is InChI=1S/C37H34N6O5/c1-47-32(44)30(41-42-38)21-37(26-16-8-10-18-28(26)40-35(37)46)36-20-29(33(45)48-23-25-14-6-3-7-15-25)39-34(36)43(22-24-12-4-2-5-13-24)31-19-11-9-17-27(31)36/h2-19,29-30,34,39H,20-23H2,1H3,(H,40,46)/t29-,30-,34?,36+,37-/m0/s1. The molecule has 7 rings (SSSR count). The summed E-state index contributed by atoms with van der Waals surface area (Å²) in [6, 6.07) is 32.5. The number of fused-ring (bicyclic) bond motifs is 4. The van der Waals surface area contributed by atoms with Gasteiger partial charge < -0.3 is 19.7 Å². The number of azide groups is 1. The second kappa shape index (κ2) is 12.5. The molecule has 0 aromatic heterocycles. The Hall–Kier alpha value is -5.64. The van der Waals surface area contributed by atoms with Crippen LogP contribution in [0.15, 0.2) is 114 Å². The van der Waals surface area contributed by atoms with Crippen LogP contribution in [0.1, 0.15) is 35.1 Å². The van der Waals surface area contributed by atoms with Crippen molar-refractivity contribution < 1.29 is 23.9 Å². The summed E-state index contributed by atoms with van der Waals surface area (Å²) in [5.41, 5.74) is 11.8. The second-order valence-electron chi connectivity index (χ2n) is 12.4. The van der Waals surface area contributed by atoms with E-state index in [1.165, 1.54) is 7.11 Å². The van der Waals surface area contributed by atoms with Gasteiger partial charge >= 0.3 is 11.9 Å². The summed E-state index contributed by atoms with van der Waals surface area (Å²) in [6.07, 6.45) is -0.630. The quantitative estimate of drug-likeness (QED) is 0.100. The van der Waals surface area contributed by atoms with Crippen molar-refractivity contribution in [1.29, 1.82) is 0 Å². The molecule has 0 saturated carbocycles. The van der Waals surface area contributed by atoms with E-state index in [1.54, 1.807) is 0 Å². The third kappa shape index (κ3) is 4.87. The fourth-order valence-corrected chi connectivity index (χ4v) is 8.06. The summed E-state index contributed by atoms with van der Waals surface area (Å²) in [6.45, 7) is 0.564. The van der Waals surface area contributed by atoms with E-state index in [2.05, 4.69) is 25.6 Å². The number of carbonyl (C=O) groups excluding carboxylic acids is 3. The minimum Gasteiger partial charge on any atom is -0.469 e. The number of hydrogen-bond acceptors (Lipinski definition) is 8. The lowest BCUT2D eigenvalue weighted by Crippen LogP contribution is -2.62. The van der Waals surface area contributed by atoms with Crippen LogP contribution < -0.4 is 15.5 Å². The summed E-state index contributed by atoms with van der Waals surface area (Å²) in [4.78, 5) is 47.1. The van der Waals surface area contributed by atoms with Gasteiger partial charge in [0.1, 0.15) is 18.7 Å². The van der Waals surface area contributed by atoms with Gasteiger partial charge in [-0.1, -0.05) is 102 Å². The van der Waals surface area contributed by atoms with Gasteiger partial charge in [0.15, 0.2) is 0 Å². The van der Waals surface area contributed by atoms with Crippen LogP contribution in [0.25, 0.3) is 10.4 Å². The van der Waals surface area contributed by atoms with E-state index in [0.29, 0.717) is 17.8 Å². The zero-order valence-electron chi connectivity index (χ0n) is 26.3. The monoisotopic (exact) mass is 642 g/mol. The van der Waals surface area contributed by atoms with Gasteiger partial charge in [-0.2, -0.15) is 0 Å². The van der Waals surface area contributed by atoms with E-state index in [1.807, 2.05) is 109 Å². The molecule has 4 aromatic carbocycles. The summed E-state index contributed by atoms with van der Waals surface area (Å²) in [7, 11) is 1.22. The average Bonchev–Trinajstić information content (AvgIpc) is 3.74. The molecule has 11 heteroatoms. The van der Waals surface area contributed by atoms with Crippen molar-refractivity contribution in [1.82, 2.24) is 5.32 Å². The number of carbonyl (C=O) groups is 3. The molecule has 3 aliphatic rings. The number of nitrogens with zero attached hydrogens (tertiary/aromatic N) is 4. The smallest absolute Gasteiger partial charge is 0.323 e. The number of ether oxygens (including phenoxy) is 2. The fourth-order valence-electron chi connectivity index (χ4n) is 8.06. The minimum absolute atomic E-state index is 0.0929. The average molecular weight is 643 g/mol. The largest absolute Gasteiger partial charge is 0.469 e. The third-order valence-electron chi connectivity index (χ3n) is 10.0. The first-order chi connectivity index (χ1) is 23.4. The van der Waals surface area contributed by atoms with Gasteiger partial charge in [0.05, 0.1) is 24.1 Å². The van der Waals surface area contributed by atoms with Crippen molar-refractivity contribution in [3.63, 3.8) is 0 Å². The van der Waals surface area contributed by atoms with Crippen LogP contribution in [0.5, 0.6) is 0 Å². The lowest BCUT2D eigenvalue weighted by Gasteiger charge is -2.47. The van der Waals surface area contributed by atoms with Crippen molar-refractivity contribution in [2.45, 2.75) is 55.1 Å². The normalized spacial score (nSPS) is 24.0. The maximum atomic E-state index is 14.8. The Bertz CT molecular complexity index is 1920. The van der Waals surface area contributed by atoms with Crippen molar-refractivity contribution in [3.8, 4) is 0 Å². The predicted octanol–water partition coefficient (Wildman–Crippen LogP) is 5.51. The molecule has 48 heavy (non-hydrogen) atoms. The van der Waals surface area contributed by atoms with Crippen molar-refractivity contribution in [2.24, 2.45) is 5.11 Å². The minimum atomic E-state index is -1.48. The molecule has 5 atom stereocenters. The van der Waals surface area contributed by atoms with Crippen LogP contribution in [0.4, 0.5) is 11.4 Å². The first-order valence-electron chi connectivity index (χ1n) is 15.8. The molecule has 1 fully saturated rings. The lowest BCUT2D eigenvalue weighted by molar-refractivity contribution is -0.147. The predicted molar refractivity (Wildman–Crippen MR) is 179 cm³/mol. The van der Waals surface area contributed by atoms with Gasteiger partial charge in [0.2, 0.25) is 5.91 Å². The van der Waals surface area contributed by atoms with E-state index in [4.69, 9.17) is 9.47 Å². The van der Waals surface area contributed by atoms with Crippen LogP contribution in [-0.2, 0) is 47.8 Å². The highest BCUT2D eigenvalue weighted by Gasteiger charge is 2.72. The molecule has 3 aliphatic heterocycles. The van der Waals surface area contributed by atoms with Crippen molar-refractivity contribution in [2.75, 3.05) is 17.3 Å². The van der Waals surface area contributed by atoms with Gasteiger partial charge in [0, 0.05) is 22.8 Å². The van der Waals surface area contributed by atoms with Gasteiger partial charge in [-0.15, -0.1) is 0 Å². The molecule has 4 aromatic rings. The number of amides is 1. The first-order valence-corrected chi connectivity index (χ1v) is 15.8. The molecule has 11 nitrogen and oxygen atoms in total. The summed E-state index contributed by atoms with van der Waals surface area (Å²) < 4.78 is 11.0. The molecule has 0 radical (unpaired) electrons. The Morgan fingerprint density at radius 2 is 1.58 bits per heavy atom. The molecule has 1 amide bonds. The van der Waals surface area contributed by atoms with Crippen LogP contribution in [0.2, 0.25) is 0 Å². The summed E-state index contributed by atoms with van der Waals surface area (Å²) >= 11 is 0. The Labute approximate surface area is 277 Å². The topological polar surface area (TPSA) is 146 Å². The van der Waals surface area contributed by atoms with E-state index in [9.17, 15) is 19.9 Å². The second-order valence-corrected chi connectivity index (χ2v) is 12.4. The van der Waals surface area contributed by atoms with Gasteiger partial charge in [-0.3, -0.25) is 19.7 Å². The van der Waals surface area contributed by atoms with Crippen LogP contribution in [0.3, 0.4) is 0 Å². The molecule has 242 valence electrons. The number of hydrogen-bond donors (Lipinski definition) is 2. The number of methoxy groups -OCH3 is 1. The van der Waals surface area contributed by atoms with Crippen molar-refractivity contribution in [3.05, 3.63) is 142 Å². The lowest BCUT2D eigenvalue weighted by atomic mass is 9.53. The van der Waals surface area contributed by atoms with Crippen LogP contribution >= 0.6 is 0 Å². The Kier molecular flexibility index (Phi) is 8.08. The molecule has 2 N–H and O–H groups in total. The Morgan fingerprint density at radius 1 is 0.938 bits per heavy atom. The number of nitrogens with one attached hydrogen (secondary N) is 2. The first kappa shape index (κ1) is 31.0. The molecular formula is C37H34N6O5. The van der Waals surface area contributed by atoms with Gasteiger partial charge in [-0.05, 0) is 52.8 Å². The number of anilines is 2. The number of esters is 2. The highest BCUT2D eigenvalue weighted by atomic mass is 16.5. The zero-order chi connectivity index (χ0) is 33.3. The van der Waals surface area contributed by atoms with E-state index in [-0.39, 0.29) is 25.4 Å². The van der Waals surface area contributed by atoms with Crippen molar-refractivity contribution >= 4 is 29.2 Å². The highest BCUT2D eigenvalue weighted by Crippen LogP contribution is 2.64. The number of benzene rings is 4. The highest BCUT2D eigenvalue weighted by molar-refractivity contribution is 6.09. The summed E-state index contributed by atoms with van der Waals surface area (Å²) in [5.74, 6) is -1.56. The van der Waals surface area contributed by atoms with Gasteiger partial charge in [-0.25, -0.2) is 0 Å². The maximum Gasteiger partial charge on any atom is 0.323 e. The fraction of sp³-hybridized carbons (Fsp3) is 0.270. The SMILES string of the molecule is COC(=O)[C@H](C[C@@]1([C@@]23C[C@@H](C(=O)OCc4ccccc4)NC2N(Cc2ccccc2)c2ccccc23)C(=O)Nc2ccccc21)N=[N+]=[N-]. The Morgan fingerprint density at radius 3 is 2.29 bits per heavy atom. The number of para-hydroxylation sites is 2. The zero-order valence-corrected chi connectivity index (χ0v) is 26.3. The molecule has 0 bridgehead atoms. The van der Waals surface area contributed by atoms with E-state index < -0.39 is 41.0 Å². The number of rotatable bonds is 10. The summed E-state index contributed by atoms with van der Waals surface area (Å²) in [5, 5.41) is 10.5. The molecule has 1 unspecified atom stereocenters. The van der Waals surface area contributed by atoms with E-state index >= 15 is 0 Å². The molecular weight excluding hydrogens is 608 g/mol. The molecule has 0 aliphatic carbocycles. The molecule has 1 saturated heterocycles. The van der Waals surface area contributed by atoms with Crippen LogP contribution in [-0.4, -0.2) is 43.2 Å². The van der Waals surface area contributed by atoms with Crippen LogP contribution in [0, 0.1) is 0 Å². The van der Waals surface area contributed by atoms with Gasteiger partial charge in [0.25, 0.3) is 0 Å². The molecule has 0 spiro atoms.